The lowest BCUT2D eigenvalue weighted by Gasteiger charge is -2.10. The van der Waals surface area contributed by atoms with E-state index in [1.54, 1.807) is 18.3 Å². The van der Waals surface area contributed by atoms with Gasteiger partial charge >= 0.3 is 0 Å². The average molecular weight is 307 g/mol. The third-order valence-corrected chi connectivity index (χ3v) is 4.36. The summed E-state index contributed by atoms with van der Waals surface area (Å²) in [7, 11) is -3.14. The molecule has 5 nitrogen and oxygen atoms in total. The van der Waals surface area contributed by atoms with Gasteiger partial charge in [0.2, 0.25) is 5.95 Å². The molecule has 0 radical (unpaired) electrons. The van der Waals surface area contributed by atoms with Crippen LogP contribution in [0.4, 0.5) is 5.95 Å². The van der Waals surface area contributed by atoms with Crippen LogP contribution in [0.1, 0.15) is 25.3 Å². The zero-order valence-corrected chi connectivity index (χ0v) is 13.2. The second-order valence-electron chi connectivity index (χ2n) is 5.08. The van der Waals surface area contributed by atoms with Crippen molar-refractivity contribution in [2.75, 3.05) is 18.1 Å². The summed E-state index contributed by atoms with van der Waals surface area (Å²) in [4.78, 5) is 4.64. The fraction of sp³-hybridized carbons (Fsp3) is 0.400. The first-order valence-corrected chi connectivity index (χ1v) is 8.94. The Morgan fingerprint density at radius 1 is 1.24 bits per heavy atom. The van der Waals surface area contributed by atoms with Gasteiger partial charge in [0.15, 0.2) is 9.84 Å². The molecule has 0 fully saturated rings. The lowest BCUT2D eigenvalue weighted by Crippen LogP contribution is -2.09. The van der Waals surface area contributed by atoms with E-state index in [0.717, 1.165) is 30.9 Å². The van der Waals surface area contributed by atoms with Gasteiger partial charge in [-0.1, -0.05) is 25.5 Å². The lowest BCUT2D eigenvalue weighted by molar-refractivity contribution is 0.602. The van der Waals surface area contributed by atoms with E-state index >= 15 is 0 Å². The van der Waals surface area contributed by atoms with E-state index in [9.17, 15) is 8.42 Å². The molecule has 0 amide bonds. The van der Waals surface area contributed by atoms with Crippen molar-refractivity contribution >= 4 is 15.8 Å². The highest BCUT2D eigenvalue weighted by atomic mass is 32.2. The Bertz CT molecular complexity index is 675. The molecule has 2 aromatic rings. The van der Waals surface area contributed by atoms with Crippen LogP contribution in [0.2, 0.25) is 0 Å². The van der Waals surface area contributed by atoms with E-state index < -0.39 is 9.84 Å². The summed E-state index contributed by atoms with van der Waals surface area (Å²) in [5, 5.41) is 3.31. The van der Waals surface area contributed by atoms with E-state index in [1.807, 2.05) is 22.9 Å². The van der Waals surface area contributed by atoms with Crippen LogP contribution in [0, 0.1) is 0 Å². The normalized spacial score (nSPS) is 11.5. The predicted octanol–water partition coefficient (Wildman–Crippen LogP) is 2.55. The highest BCUT2D eigenvalue weighted by Crippen LogP contribution is 2.13. The monoisotopic (exact) mass is 307 g/mol. The summed E-state index contributed by atoms with van der Waals surface area (Å²) in [6.45, 7) is 3.72. The number of aromatic nitrogens is 2. The standard InChI is InChI=1S/C15H21N3O2S/c1-3-4-9-16-15-17-10-11-18(15)12-13-5-7-14(8-6-13)21(2,19)20/h5-8,10-11H,3-4,9,12H2,1-2H3,(H,16,17). The first-order valence-electron chi connectivity index (χ1n) is 7.04. The number of hydrogen-bond donors (Lipinski definition) is 1. The molecule has 21 heavy (non-hydrogen) atoms. The fourth-order valence-electron chi connectivity index (χ4n) is 2.02. The van der Waals surface area contributed by atoms with Gasteiger partial charge in [0.1, 0.15) is 0 Å². The minimum absolute atomic E-state index is 0.346. The largest absolute Gasteiger partial charge is 0.356 e. The van der Waals surface area contributed by atoms with Crippen molar-refractivity contribution in [3.63, 3.8) is 0 Å². The molecular weight excluding hydrogens is 286 g/mol. The van der Waals surface area contributed by atoms with Gasteiger partial charge in [-0.05, 0) is 24.1 Å². The molecule has 0 atom stereocenters. The van der Waals surface area contributed by atoms with Crippen LogP contribution < -0.4 is 5.32 Å². The quantitative estimate of drug-likeness (QED) is 0.798. The van der Waals surface area contributed by atoms with E-state index in [0.29, 0.717) is 11.4 Å². The van der Waals surface area contributed by atoms with Crippen molar-refractivity contribution in [2.24, 2.45) is 0 Å². The summed E-state index contributed by atoms with van der Waals surface area (Å²) < 4.78 is 24.9. The van der Waals surface area contributed by atoms with Gasteiger partial charge in [-0.3, -0.25) is 0 Å². The third-order valence-electron chi connectivity index (χ3n) is 3.23. The van der Waals surface area contributed by atoms with Crippen molar-refractivity contribution in [2.45, 2.75) is 31.2 Å². The van der Waals surface area contributed by atoms with Gasteiger partial charge in [-0.25, -0.2) is 13.4 Å². The molecule has 2 rings (SSSR count). The molecule has 0 saturated heterocycles. The number of benzene rings is 1. The van der Waals surface area contributed by atoms with Crippen LogP contribution in [-0.2, 0) is 16.4 Å². The Morgan fingerprint density at radius 2 is 1.95 bits per heavy atom. The van der Waals surface area contributed by atoms with Crippen molar-refractivity contribution in [1.82, 2.24) is 9.55 Å². The van der Waals surface area contributed by atoms with Crippen molar-refractivity contribution in [3.05, 3.63) is 42.2 Å². The van der Waals surface area contributed by atoms with Gasteiger partial charge in [-0.2, -0.15) is 0 Å². The summed E-state index contributed by atoms with van der Waals surface area (Å²) >= 11 is 0. The molecular formula is C15H21N3O2S. The van der Waals surface area contributed by atoms with E-state index in [-0.39, 0.29) is 0 Å². The van der Waals surface area contributed by atoms with Crippen molar-refractivity contribution < 1.29 is 8.42 Å². The van der Waals surface area contributed by atoms with Gasteiger partial charge < -0.3 is 9.88 Å². The Labute approximate surface area is 125 Å². The second kappa shape index (κ2) is 6.76. The average Bonchev–Trinajstić information content (AvgIpc) is 2.86. The van der Waals surface area contributed by atoms with Gasteiger partial charge in [0, 0.05) is 25.2 Å². The molecule has 0 aliphatic heterocycles. The summed E-state index contributed by atoms with van der Waals surface area (Å²) in [5.74, 6) is 0.843. The number of nitrogens with one attached hydrogen (secondary N) is 1. The summed E-state index contributed by atoms with van der Waals surface area (Å²) in [6.07, 6.45) is 7.14. The fourth-order valence-corrected chi connectivity index (χ4v) is 2.65. The number of rotatable bonds is 7. The molecule has 1 N–H and O–H groups in total. The zero-order chi connectivity index (χ0) is 15.3. The highest BCUT2D eigenvalue weighted by Gasteiger charge is 2.07. The Morgan fingerprint density at radius 3 is 2.57 bits per heavy atom. The molecule has 0 spiro atoms. The first-order chi connectivity index (χ1) is 10.0. The van der Waals surface area contributed by atoms with Gasteiger partial charge in [-0.15, -0.1) is 0 Å². The minimum atomic E-state index is -3.14. The number of sulfone groups is 1. The number of hydrogen-bond acceptors (Lipinski definition) is 4. The van der Waals surface area contributed by atoms with Crippen molar-refractivity contribution in [3.8, 4) is 0 Å². The molecule has 0 aliphatic carbocycles. The van der Waals surface area contributed by atoms with Gasteiger partial charge in [0.25, 0.3) is 0 Å². The second-order valence-corrected chi connectivity index (χ2v) is 7.09. The maximum Gasteiger partial charge on any atom is 0.203 e. The maximum atomic E-state index is 11.4. The molecule has 1 aromatic carbocycles. The van der Waals surface area contributed by atoms with Crippen LogP contribution in [0.25, 0.3) is 0 Å². The molecule has 0 aliphatic rings. The Hall–Kier alpha value is -1.82. The Kier molecular flexibility index (Phi) is 5.01. The number of imidazole rings is 1. The van der Waals surface area contributed by atoms with Crippen LogP contribution in [-0.4, -0.2) is 30.8 Å². The topological polar surface area (TPSA) is 64.0 Å². The van der Waals surface area contributed by atoms with Crippen LogP contribution in [0.5, 0.6) is 0 Å². The van der Waals surface area contributed by atoms with E-state index in [1.165, 1.54) is 6.26 Å². The predicted molar refractivity (Wildman–Crippen MR) is 84.3 cm³/mol. The minimum Gasteiger partial charge on any atom is -0.356 e. The van der Waals surface area contributed by atoms with Gasteiger partial charge in [0.05, 0.1) is 11.4 Å². The highest BCUT2D eigenvalue weighted by molar-refractivity contribution is 7.90. The molecule has 0 unspecified atom stereocenters. The van der Waals surface area contributed by atoms with Crippen molar-refractivity contribution in [1.29, 1.82) is 0 Å². The lowest BCUT2D eigenvalue weighted by atomic mass is 10.2. The molecule has 0 bridgehead atoms. The number of nitrogens with zero attached hydrogens (tertiary/aromatic N) is 2. The number of unbranched alkanes of at least 4 members (excludes halogenated alkanes) is 1. The summed E-state index contributed by atoms with van der Waals surface area (Å²) in [5.41, 5.74) is 1.04. The summed E-state index contributed by atoms with van der Waals surface area (Å²) in [6, 6.07) is 6.97. The zero-order valence-electron chi connectivity index (χ0n) is 12.4. The maximum absolute atomic E-state index is 11.4. The van der Waals surface area contributed by atoms with Crippen LogP contribution in [0.3, 0.4) is 0 Å². The molecule has 114 valence electrons. The third kappa shape index (κ3) is 4.32. The van der Waals surface area contributed by atoms with Crippen LogP contribution >= 0.6 is 0 Å². The van der Waals surface area contributed by atoms with Crippen LogP contribution in [0.15, 0.2) is 41.6 Å². The molecule has 1 heterocycles. The Balaban J connectivity index is 2.07. The smallest absolute Gasteiger partial charge is 0.203 e. The molecule has 1 aromatic heterocycles. The molecule has 6 heteroatoms. The number of anilines is 1. The SMILES string of the molecule is CCCCNc1nccn1Cc1ccc(S(C)(=O)=O)cc1. The molecule has 0 saturated carbocycles. The first kappa shape index (κ1) is 15.6. The van der Waals surface area contributed by atoms with E-state index in [2.05, 4.69) is 17.2 Å². The van der Waals surface area contributed by atoms with E-state index in [4.69, 9.17) is 0 Å².